The lowest BCUT2D eigenvalue weighted by Crippen LogP contribution is -2.06. The smallest absolute Gasteiger partial charge is 0.310 e. The van der Waals surface area contributed by atoms with E-state index in [0.717, 1.165) is 34.5 Å². The highest BCUT2D eigenvalue weighted by Crippen LogP contribution is 2.30. The number of esters is 1. The summed E-state index contributed by atoms with van der Waals surface area (Å²) in [4.78, 5) is 12.0. The van der Waals surface area contributed by atoms with E-state index in [0.29, 0.717) is 0 Å². The molecule has 0 spiro atoms. The van der Waals surface area contributed by atoms with Crippen LogP contribution in [0.15, 0.2) is 59.5 Å². The van der Waals surface area contributed by atoms with Crippen LogP contribution in [0.25, 0.3) is 16.9 Å². The van der Waals surface area contributed by atoms with Crippen molar-refractivity contribution in [2.75, 3.05) is 13.4 Å². The SMILES string of the molecule is COC(=O)Cc1cc(-c2ccc(S(C)(=O)=O)cc2)n(-c2ccc(F)cc2)c1C. The van der Waals surface area contributed by atoms with E-state index >= 15 is 0 Å². The Morgan fingerprint density at radius 3 is 2.21 bits per heavy atom. The van der Waals surface area contributed by atoms with Crippen molar-refractivity contribution in [2.45, 2.75) is 18.2 Å². The first-order valence-electron chi connectivity index (χ1n) is 8.55. The Bertz CT molecular complexity index is 1110. The van der Waals surface area contributed by atoms with E-state index in [1.807, 2.05) is 17.6 Å². The summed E-state index contributed by atoms with van der Waals surface area (Å²) >= 11 is 0. The van der Waals surface area contributed by atoms with Gasteiger partial charge < -0.3 is 9.30 Å². The summed E-state index contributed by atoms with van der Waals surface area (Å²) in [5.41, 5.74) is 3.87. The molecule has 3 rings (SSSR count). The maximum atomic E-state index is 13.4. The van der Waals surface area contributed by atoms with E-state index in [1.54, 1.807) is 36.4 Å². The number of hydrogen-bond acceptors (Lipinski definition) is 4. The summed E-state index contributed by atoms with van der Waals surface area (Å²) in [6.45, 7) is 1.87. The van der Waals surface area contributed by atoms with Crippen molar-refractivity contribution in [1.29, 1.82) is 0 Å². The normalized spacial score (nSPS) is 11.4. The highest BCUT2D eigenvalue weighted by molar-refractivity contribution is 7.90. The van der Waals surface area contributed by atoms with Crippen molar-refractivity contribution in [3.63, 3.8) is 0 Å². The molecule has 1 aromatic heterocycles. The number of aromatic nitrogens is 1. The molecule has 0 radical (unpaired) electrons. The second-order valence-electron chi connectivity index (χ2n) is 6.50. The molecule has 1 heterocycles. The molecule has 0 amide bonds. The van der Waals surface area contributed by atoms with Crippen LogP contribution in [-0.4, -0.2) is 32.3 Å². The number of rotatable bonds is 5. The lowest BCUT2D eigenvalue weighted by molar-refractivity contribution is -0.139. The number of carbonyl (C=O) groups is 1. The molecule has 0 atom stereocenters. The molecule has 28 heavy (non-hydrogen) atoms. The number of hydrogen-bond donors (Lipinski definition) is 0. The quantitative estimate of drug-likeness (QED) is 0.612. The molecule has 7 heteroatoms. The first-order chi connectivity index (χ1) is 13.2. The van der Waals surface area contributed by atoms with Gasteiger partial charge in [-0.15, -0.1) is 0 Å². The molecular weight excluding hydrogens is 381 g/mol. The summed E-state index contributed by atoms with van der Waals surface area (Å²) in [6, 6.07) is 14.4. The van der Waals surface area contributed by atoms with E-state index in [2.05, 4.69) is 0 Å². The predicted octanol–water partition coefficient (Wildman–Crippen LogP) is 3.71. The van der Waals surface area contributed by atoms with Crippen LogP contribution in [0.1, 0.15) is 11.3 Å². The van der Waals surface area contributed by atoms with E-state index in [4.69, 9.17) is 4.74 Å². The monoisotopic (exact) mass is 401 g/mol. The van der Waals surface area contributed by atoms with E-state index < -0.39 is 9.84 Å². The maximum Gasteiger partial charge on any atom is 0.310 e. The van der Waals surface area contributed by atoms with Crippen LogP contribution in [-0.2, 0) is 25.8 Å². The van der Waals surface area contributed by atoms with E-state index in [1.165, 1.54) is 19.2 Å². The molecule has 2 aromatic carbocycles. The fourth-order valence-electron chi connectivity index (χ4n) is 3.07. The predicted molar refractivity (Wildman–Crippen MR) is 105 cm³/mol. The Morgan fingerprint density at radius 1 is 1.07 bits per heavy atom. The Labute approximate surface area is 163 Å². The molecule has 0 aliphatic rings. The summed E-state index contributed by atoms with van der Waals surface area (Å²) in [5.74, 6) is -0.708. The van der Waals surface area contributed by atoms with Gasteiger partial charge in [0.2, 0.25) is 0 Å². The highest BCUT2D eigenvalue weighted by Gasteiger charge is 2.18. The molecule has 0 aliphatic heterocycles. The lowest BCUT2D eigenvalue weighted by atomic mass is 10.1. The van der Waals surface area contributed by atoms with Crippen molar-refractivity contribution in [3.05, 3.63) is 71.7 Å². The van der Waals surface area contributed by atoms with Crippen LogP contribution in [0.5, 0.6) is 0 Å². The number of halogens is 1. The third kappa shape index (κ3) is 3.99. The topological polar surface area (TPSA) is 65.4 Å². The molecule has 0 N–H and O–H groups in total. The highest BCUT2D eigenvalue weighted by atomic mass is 32.2. The van der Waals surface area contributed by atoms with Crippen LogP contribution in [0.2, 0.25) is 0 Å². The van der Waals surface area contributed by atoms with Gasteiger partial charge >= 0.3 is 5.97 Å². The molecule has 3 aromatic rings. The Balaban J connectivity index is 2.17. The minimum atomic E-state index is -3.30. The maximum absolute atomic E-state index is 13.4. The number of nitrogens with zero attached hydrogens (tertiary/aromatic N) is 1. The summed E-state index contributed by atoms with van der Waals surface area (Å²) in [7, 11) is -1.97. The minimum absolute atomic E-state index is 0.102. The van der Waals surface area contributed by atoms with Gasteiger partial charge in [0.15, 0.2) is 9.84 Å². The van der Waals surface area contributed by atoms with Crippen molar-refractivity contribution >= 4 is 15.8 Å². The third-order valence-corrected chi connectivity index (χ3v) is 5.71. The molecule has 0 saturated heterocycles. The first kappa shape index (κ1) is 19.8. The summed E-state index contributed by atoms with van der Waals surface area (Å²) in [6.07, 6.45) is 1.26. The largest absolute Gasteiger partial charge is 0.469 e. The average Bonchev–Trinajstić information content (AvgIpc) is 2.98. The van der Waals surface area contributed by atoms with Crippen LogP contribution in [0.4, 0.5) is 4.39 Å². The van der Waals surface area contributed by atoms with Gasteiger partial charge in [0.25, 0.3) is 0 Å². The summed E-state index contributed by atoms with van der Waals surface area (Å²) < 4.78 is 43.5. The van der Waals surface area contributed by atoms with Gasteiger partial charge in [0.05, 0.1) is 24.1 Å². The van der Waals surface area contributed by atoms with Crippen LogP contribution >= 0.6 is 0 Å². The molecule has 0 aliphatic carbocycles. The third-order valence-electron chi connectivity index (χ3n) is 4.58. The number of sulfone groups is 1. The molecule has 5 nitrogen and oxygen atoms in total. The van der Waals surface area contributed by atoms with Gasteiger partial charge in [-0.2, -0.15) is 0 Å². The van der Waals surface area contributed by atoms with Crippen molar-refractivity contribution < 1.29 is 22.3 Å². The van der Waals surface area contributed by atoms with E-state index in [-0.39, 0.29) is 23.1 Å². The standard InChI is InChI=1S/C21H20FNO4S/c1-14-16(13-21(24)27-2)12-20(23(14)18-8-6-17(22)7-9-18)15-4-10-19(11-5-15)28(3,25)26/h4-12H,13H2,1-3H3. The fraction of sp³-hybridized carbons (Fsp3) is 0.190. The molecule has 0 bridgehead atoms. The zero-order chi connectivity index (χ0) is 20.5. The molecule has 0 fully saturated rings. The lowest BCUT2D eigenvalue weighted by Gasteiger charge is -2.13. The fourth-order valence-corrected chi connectivity index (χ4v) is 3.70. The zero-order valence-corrected chi connectivity index (χ0v) is 16.6. The van der Waals surface area contributed by atoms with Crippen molar-refractivity contribution in [2.24, 2.45) is 0 Å². The summed E-state index contributed by atoms with van der Waals surface area (Å²) in [5, 5.41) is 0. The second-order valence-corrected chi connectivity index (χ2v) is 8.52. The van der Waals surface area contributed by atoms with Gasteiger partial charge in [-0.3, -0.25) is 4.79 Å². The zero-order valence-electron chi connectivity index (χ0n) is 15.8. The van der Waals surface area contributed by atoms with Crippen LogP contribution < -0.4 is 0 Å². The number of methoxy groups -OCH3 is 1. The minimum Gasteiger partial charge on any atom is -0.469 e. The van der Waals surface area contributed by atoms with Crippen LogP contribution in [0, 0.1) is 12.7 Å². The second kappa shape index (κ2) is 7.59. The Kier molecular flexibility index (Phi) is 5.38. The first-order valence-corrected chi connectivity index (χ1v) is 10.4. The molecular formula is C21H20FNO4S. The van der Waals surface area contributed by atoms with Gasteiger partial charge in [-0.05, 0) is 60.5 Å². The van der Waals surface area contributed by atoms with Gasteiger partial charge in [0, 0.05) is 17.6 Å². The number of carbonyl (C=O) groups excluding carboxylic acids is 1. The average molecular weight is 401 g/mol. The number of ether oxygens (including phenoxy) is 1. The molecule has 0 saturated carbocycles. The van der Waals surface area contributed by atoms with Crippen molar-refractivity contribution in [3.8, 4) is 16.9 Å². The van der Waals surface area contributed by atoms with Gasteiger partial charge in [0.1, 0.15) is 5.82 Å². The molecule has 146 valence electrons. The van der Waals surface area contributed by atoms with E-state index in [9.17, 15) is 17.6 Å². The Hall–Kier alpha value is -2.93. The van der Waals surface area contributed by atoms with Crippen LogP contribution in [0.3, 0.4) is 0 Å². The van der Waals surface area contributed by atoms with Gasteiger partial charge in [-0.25, -0.2) is 12.8 Å². The van der Waals surface area contributed by atoms with Gasteiger partial charge in [-0.1, -0.05) is 12.1 Å². The molecule has 0 unspecified atom stereocenters. The number of benzene rings is 2. The van der Waals surface area contributed by atoms with Crippen molar-refractivity contribution in [1.82, 2.24) is 4.57 Å². The Morgan fingerprint density at radius 2 is 1.68 bits per heavy atom.